The molecule has 0 saturated carbocycles. The molecule has 2 rings (SSSR count). The topological polar surface area (TPSA) is 49.4 Å². The molecule has 1 aliphatic rings. The van der Waals surface area contributed by atoms with E-state index in [1.807, 2.05) is 0 Å². The lowest BCUT2D eigenvalue weighted by Crippen LogP contribution is -2.42. The molecule has 0 aromatic heterocycles. The first-order chi connectivity index (χ1) is 11.3. The summed E-state index contributed by atoms with van der Waals surface area (Å²) in [5, 5.41) is 2.69. The molecule has 4 nitrogen and oxygen atoms in total. The number of halogens is 3. The number of amides is 1. The molecule has 1 amide bonds. The van der Waals surface area contributed by atoms with Gasteiger partial charge < -0.3 is 10.2 Å². The van der Waals surface area contributed by atoms with Gasteiger partial charge in [-0.1, -0.05) is 0 Å². The fraction of sp³-hybridized carbons (Fsp3) is 0.529. The fourth-order valence-corrected chi connectivity index (χ4v) is 2.80. The van der Waals surface area contributed by atoms with Gasteiger partial charge in [-0.3, -0.25) is 9.59 Å². The second kappa shape index (κ2) is 7.79. The highest BCUT2D eigenvalue weighted by atomic mass is 19.4. The maximum Gasteiger partial charge on any atom is 0.393 e. The summed E-state index contributed by atoms with van der Waals surface area (Å²) in [7, 11) is 0. The Morgan fingerprint density at radius 1 is 1.25 bits per heavy atom. The summed E-state index contributed by atoms with van der Waals surface area (Å²) in [4.78, 5) is 24.8. The van der Waals surface area contributed by atoms with E-state index in [9.17, 15) is 22.8 Å². The third kappa shape index (κ3) is 5.33. The molecule has 0 radical (unpaired) electrons. The molecule has 1 unspecified atom stereocenters. The van der Waals surface area contributed by atoms with E-state index in [-0.39, 0.29) is 31.1 Å². The average molecular weight is 342 g/mol. The molecular formula is C17H21F3N2O2. The van der Waals surface area contributed by atoms with Crippen LogP contribution in [0.25, 0.3) is 0 Å². The maximum absolute atomic E-state index is 12.8. The molecule has 1 aliphatic heterocycles. The van der Waals surface area contributed by atoms with E-state index in [4.69, 9.17) is 0 Å². The molecule has 1 atom stereocenters. The standard InChI is InChI=1S/C17H21F3N2O2/c1-12(23)13-4-6-15(7-5-13)21-16(24)8-10-22-9-2-3-14(11-22)17(18,19)20/h4-7,14H,2-3,8-11H2,1H3,(H,21,24). The van der Waals surface area contributed by atoms with Crippen LogP contribution in [-0.4, -0.2) is 42.4 Å². The minimum absolute atomic E-state index is 0.0376. The predicted octanol–water partition coefficient (Wildman–Crippen LogP) is 3.49. The third-order valence-corrected chi connectivity index (χ3v) is 4.20. The third-order valence-electron chi connectivity index (χ3n) is 4.20. The Bertz CT molecular complexity index is 584. The number of alkyl halides is 3. The molecule has 1 heterocycles. The minimum Gasteiger partial charge on any atom is -0.326 e. The highest BCUT2D eigenvalue weighted by molar-refractivity contribution is 5.95. The van der Waals surface area contributed by atoms with Crippen molar-refractivity contribution in [3.63, 3.8) is 0 Å². The molecule has 1 fully saturated rings. The number of piperidine rings is 1. The molecule has 1 saturated heterocycles. The molecule has 0 spiro atoms. The van der Waals surface area contributed by atoms with Gasteiger partial charge in [-0.05, 0) is 50.6 Å². The summed E-state index contributed by atoms with van der Waals surface area (Å²) in [5.41, 5.74) is 1.12. The van der Waals surface area contributed by atoms with Crippen molar-refractivity contribution in [2.24, 2.45) is 5.92 Å². The van der Waals surface area contributed by atoms with Crippen molar-refractivity contribution in [3.8, 4) is 0 Å². The zero-order chi connectivity index (χ0) is 17.7. The first-order valence-electron chi connectivity index (χ1n) is 7.95. The lowest BCUT2D eigenvalue weighted by Gasteiger charge is -2.33. The largest absolute Gasteiger partial charge is 0.393 e. The van der Waals surface area contributed by atoms with Gasteiger partial charge in [0, 0.05) is 30.8 Å². The van der Waals surface area contributed by atoms with Gasteiger partial charge in [-0.2, -0.15) is 13.2 Å². The number of nitrogens with zero attached hydrogens (tertiary/aromatic N) is 1. The van der Waals surface area contributed by atoms with Crippen molar-refractivity contribution >= 4 is 17.4 Å². The van der Waals surface area contributed by atoms with Crippen molar-refractivity contribution in [2.45, 2.75) is 32.4 Å². The summed E-state index contributed by atoms with van der Waals surface area (Å²) in [6.45, 7) is 2.32. The van der Waals surface area contributed by atoms with E-state index >= 15 is 0 Å². The van der Waals surface area contributed by atoms with Crippen molar-refractivity contribution in [1.82, 2.24) is 4.90 Å². The summed E-state index contributed by atoms with van der Waals surface area (Å²) in [6, 6.07) is 6.51. The van der Waals surface area contributed by atoms with Crippen LogP contribution in [-0.2, 0) is 4.79 Å². The van der Waals surface area contributed by atoms with E-state index in [0.29, 0.717) is 30.8 Å². The molecule has 1 aromatic rings. The first-order valence-corrected chi connectivity index (χ1v) is 7.95. The highest BCUT2D eigenvalue weighted by Crippen LogP contribution is 2.33. The summed E-state index contributed by atoms with van der Waals surface area (Å²) >= 11 is 0. The van der Waals surface area contributed by atoms with E-state index in [0.717, 1.165) is 0 Å². The molecule has 0 aliphatic carbocycles. The molecule has 7 heteroatoms. The maximum atomic E-state index is 12.8. The number of hydrogen-bond acceptors (Lipinski definition) is 3. The monoisotopic (exact) mass is 342 g/mol. The van der Waals surface area contributed by atoms with Crippen LogP contribution in [0.1, 0.15) is 36.5 Å². The minimum atomic E-state index is -4.17. The number of nitrogens with one attached hydrogen (secondary N) is 1. The molecule has 24 heavy (non-hydrogen) atoms. The Morgan fingerprint density at radius 2 is 1.92 bits per heavy atom. The first kappa shape index (κ1) is 18.4. The molecule has 0 bridgehead atoms. The van der Waals surface area contributed by atoms with Crippen LogP contribution in [0.2, 0.25) is 0 Å². The molecule has 132 valence electrons. The average Bonchev–Trinajstić information content (AvgIpc) is 2.53. The van der Waals surface area contributed by atoms with Gasteiger partial charge in [0.05, 0.1) is 5.92 Å². The normalized spacial score (nSPS) is 19.1. The number of ketones is 1. The van der Waals surface area contributed by atoms with Gasteiger partial charge in [-0.25, -0.2) is 0 Å². The highest BCUT2D eigenvalue weighted by Gasteiger charge is 2.41. The zero-order valence-corrected chi connectivity index (χ0v) is 13.5. The van der Waals surface area contributed by atoms with Crippen molar-refractivity contribution < 1.29 is 22.8 Å². The fourth-order valence-electron chi connectivity index (χ4n) is 2.80. The molecule has 1 N–H and O–H groups in total. The van der Waals surface area contributed by atoms with Gasteiger partial charge >= 0.3 is 6.18 Å². The number of carbonyl (C=O) groups is 2. The Balaban J connectivity index is 1.79. The smallest absolute Gasteiger partial charge is 0.326 e. The number of likely N-dealkylation sites (tertiary alicyclic amines) is 1. The number of carbonyl (C=O) groups excluding carboxylic acids is 2. The van der Waals surface area contributed by atoms with Crippen molar-refractivity contribution in [2.75, 3.05) is 25.0 Å². The van der Waals surface area contributed by atoms with Crippen LogP contribution in [0.5, 0.6) is 0 Å². The summed E-state index contributed by atoms with van der Waals surface area (Å²) in [5.74, 6) is -1.61. The Hall–Kier alpha value is -1.89. The molecule has 1 aromatic carbocycles. The van der Waals surface area contributed by atoms with E-state index < -0.39 is 12.1 Å². The molecular weight excluding hydrogens is 321 g/mol. The van der Waals surface area contributed by atoms with Gasteiger partial charge in [0.2, 0.25) is 5.91 Å². The number of rotatable bonds is 5. The lowest BCUT2D eigenvalue weighted by atomic mass is 9.97. The van der Waals surface area contributed by atoms with Gasteiger partial charge in [-0.15, -0.1) is 0 Å². The number of anilines is 1. The number of Topliss-reactive ketones (excluding diaryl/α,β-unsaturated/α-hetero) is 1. The van der Waals surface area contributed by atoms with E-state index in [2.05, 4.69) is 5.32 Å². The van der Waals surface area contributed by atoms with Crippen LogP contribution < -0.4 is 5.32 Å². The van der Waals surface area contributed by atoms with Crippen LogP contribution in [0.15, 0.2) is 24.3 Å². The van der Waals surface area contributed by atoms with E-state index in [1.165, 1.54) is 6.92 Å². The zero-order valence-electron chi connectivity index (χ0n) is 13.5. The second-order valence-electron chi connectivity index (χ2n) is 6.11. The number of hydrogen-bond donors (Lipinski definition) is 1. The predicted molar refractivity (Wildman–Crippen MR) is 84.9 cm³/mol. The summed E-state index contributed by atoms with van der Waals surface area (Å²) < 4.78 is 38.3. The quantitative estimate of drug-likeness (QED) is 0.834. The van der Waals surface area contributed by atoms with Gasteiger partial charge in [0.1, 0.15) is 0 Å². The Morgan fingerprint density at radius 3 is 2.50 bits per heavy atom. The second-order valence-corrected chi connectivity index (χ2v) is 6.11. The van der Waals surface area contributed by atoms with E-state index in [1.54, 1.807) is 29.2 Å². The number of benzene rings is 1. The van der Waals surface area contributed by atoms with Gasteiger partial charge in [0.25, 0.3) is 0 Å². The Labute approximate surface area is 139 Å². The van der Waals surface area contributed by atoms with Gasteiger partial charge in [0.15, 0.2) is 5.78 Å². The van der Waals surface area contributed by atoms with Crippen molar-refractivity contribution in [3.05, 3.63) is 29.8 Å². The van der Waals surface area contributed by atoms with Crippen molar-refractivity contribution in [1.29, 1.82) is 0 Å². The van der Waals surface area contributed by atoms with Crippen LogP contribution in [0.4, 0.5) is 18.9 Å². The Kier molecular flexibility index (Phi) is 5.99. The lowest BCUT2D eigenvalue weighted by molar-refractivity contribution is -0.186. The SMILES string of the molecule is CC(=O)c1ccc(NC(=O)CCN2CCCC(C(F)(F)F)C2)cc1. The van der Waals surface area contributed by atoms with Crippen LogP contribution >= 0.6 is 0 Å². The van der Waals surface area contributed by atoms with Crippen LogP contribution in [0.3, 0.4) is 0 Å². The summed E-state index contributed by atoms with van der Waals surface area (Å²) in [6.07, 6.45) is -3.37. The van der Waals surface area contributed by atoms with Crippen LogP contribution in [0, 0.1) is 5.92 Å².